The summed E-state index contributed by atoms with van der Waals surface area (Å²) in [6.45, 7) is 4.32. The lowest BCUT2D eigenvalue weighted by Crippen LogP contribution is -2.28. The minimum atomic E-state index is -0.250. The summed E-state index contributed by atoms with van der Waals surface area (Å²) >= 11 is 1.46. The highest BCUT2D eigenvalue weighted by molar-refractivity contribution is 7.15. The predicted molar refractivity (Wildman–Crippen MR) is 96.5 cm³/mol. The zero-order valence-electron chi connectivity index (χ0n) is 14.2. The third kappa shape index (κ3) is 4.31. The molecule has 0 fully saturated rings. The Hall–Kier alpha value is -2.09. The second-order valence-corrected chi connectivity index (χ2v) is 6.75. The van der Waals surface area contributed by atoms with Crippen molar-refractivity contribution < 1.29 is 9.13 Å². The first-order chi connectivity index (χ1) is 12.1. The molecule has 0 aliphatic heterocycles. The van der Waals surface area contributed by atoms with Gasteiger partial charge < -0.3 is 4.74 Å². The van der Waals surface area contributed by atoms with Gasteiger partial charge in [0, 0.05) is 43.9 Å². The minimum Gasteiger partial charge on any atom is -0.383 e. The Labute approximate surface area is 149 Å². The van der Waals surface area contributed by atoms with Gasteiger partial charge in [0.25, 0.3) is 5.56 Å². The fraction of sp³-hybridized carbons (Fsp3) is 0.333. The second kappa shape index (κ2) is 7.86. The minimum absolute atomic E-state index is 0.0628. The molecule has 0 spiro atoms. The van der Waals surface area contributed by atoms with E-state index in [0.29, 0.717) is 31.2 Å². The number of aryl methyl sites for hydroxylation is 1. The van der Waals surface area contributed by atoms with Gasteiger partial charge in [0.2, 0.25) is 0 Å². The number of hydrogen-bond donors (Lipinski definition) is 0. The zero-order chi connectivity index (χ0) is 17.8. The van der Waals surface area contributed by atoms with E-state index in [1.165, 1.54) is 23.5 Å². The van der Waals surface area contributed by atoms with Crippen molar-refractivity contribution in [2.75, 3.05) is 20.3 Å². The average Bonchev–Trinajstić information content (AvgIpc) is 2.96. The van der Waals surface area contributed by atoms with Gasteiger partial charge in [0.15, 0.2) is 4.96 Å². The number of aromatic nitrogens is 2. The first-order valence-electron chi connectivity index (χ1n) is 7.99. The van der Waals surface area contributed by atoms with E-state index in [1.54, 1.807) is 29.7 Å². The summed E-state index contributed by atoms with van der Waals surface area (Å²) in [5, 5.41) is 1.93. The van der Waals surface area contributed by atoms with E-state index in [1.807, 2.05) is 12.3 Å². The number of thiazole rings is 1. The topological polar surface area (TPSA) is 46.8 Å². The maximum absolute atomic E-state index is 13.1. The molecule has 25 heavy (non-hydrogen) atoms. The molecule has 0 unspecified atom stereocenters. The van der Waals surface area contributed by atoms with Crippen molar-refractivity contribution in [2.24, 2.45) is 0 Å². The Bertz CT molecular complexity index is 905. The number of nitrogens with zero attached hydrogens (tertiary/aromatic N) is 3. The van der Waals surface area contributed by atoms with E-state index in [0.717, 1.165) is 17.0 Å². The summed E-state index contributed by atoms with van der Waals surface area (Å²) in [4.78, 5) is 19.8. The Morgan fingerprint density at radius 2 is 2.04 bits per heavy atom. The molecule has 2 heterocycles. The van der Waals surface area contributed by atoms with E-state index in [2.05, 4.69) is 9.88 Å². The molecule has 0 aliphatic rings. The standard InChI is InChI=1S/C18H20FN3O2S/c1-13-12-25-18-20-16(9-17(23)22(13)18)11-21(7-8-24-2)10-14-3-5-15(19)6-4-14/h3-6,9,12H,7-8,10-11H2,1-2H3. The molecular weight excluding hydrogens is 341 g/mol. The van der Waals surface area contributed by atoms with Crippen molar-refractivity contribution in [3.63, 3.8) is 0 Å². The molecule has 7 heteroatoms. The molecule has 132 valence electrons. The smallest absolute Gasteiger partial charge is 0.259 e. The van der Waals surface area contributed by atoms with Crippen LogP contribution >= 0.6 is 11.3 Å². The Morgan fingerprint density at radius 3 is 2.76 bits per heavy atom. The second-order valence-electron chi connectivity index (χ2n) is 5.91. The van der Waals surface area contributed by atoms with E-state index in [9.17, 15) is 9.18 Å². The normalized spacial score (nSPS) is 11.5. The first kappa shape index (κ1) is 17.7. The van der Waals surface area contributed by atoms with Crippen molar-refractivity contribution in [2.45, 2.75) is 20.0 Å². The maximum Gasteiger partial charge on any atom is 0.259 e. The van der Waals surface area contributed by atoms with Gasteiger partial charge in [-0.2, -0.15) is 0 Å². The fourth-order valence-corrected chi connectivity index (χ4v) is 3.58. The largest absolute Gasteiger partial charge is 0.383 e. The fourth-order valence-electron chi connectivity index (χ4n) is 2.69. The van der Waals surface area contributed by atoms with Crippen LogP contribution < -0.4 is 5.56 Å². The molecule has 0 radical (unpaired) electrons. The summed E-state index contributed by atoms with van der Waals surface area (Å²) in [6.07, 6.45) is 0. The number of halogens is 1. The van der Waals surface area contributed by atoms with Crippen molar-refractivity contribution in [3.05, 3.63) is 68.8 Å². The van der Waals surface area contributed by atoms with Gasteiger partial charge in [-0.1, -0.05) is 12.1 Å². The number of hydrogen-bond acceptors (Lipinski definition) is 5. The van der Waals surface area contributed by atoms with Crippen molar-refractivity contribution in [3.8, 4) is 0 Å². The van der Waals surface area contributed by atoms with Gasteiger partial charge in [-0.05, 0) is 24.6 Å². The summed E-state index contributed by atoms with van der Waals surface area (Å²) in [5.41, 5.74) is 2.56. The summed E-state index contributed by atoms with van der Waals surface area (Å²) in [7, 11) is 1.65. The van der Waals surface area contributed by atoms with Crippen LogP contribution in [-0.4, -0.2) is 34.5 Å². The lowest BCUT2D eigenvalue weighted by Gasteiger charge is -2.21. The number of fused-ring (bicyclic) bond motifs is 1. The van der Waals surface area contributed by atoms with Gasteiger partial charge in [0.05, 0.1) is 12.3 Å². The van der Waals surface area contributed by atoms with E-state index in [-0.39, 0.29) is 11.4 Å². The lowest BCUT2D eigenvalue weighted by atomic mass is 10.2. The highest BCUT2D eigenvalue weighted by Crippen LogP contribution is 2.14. The number of ether oxygens (including phenoxy) is 1. The predicted octanol–water partition coefficient (Wildman–Crippen LogP) is 2.85. The monoisotopic (exact) mass is 361 g/mol. The molecule has 1 aromatic carbocycles. The van der Waals surface area contributed by atoms with Gasteiger partial charge in [-0.25, -0.2) is 9.37 Å². The average molecular weight is 361 g/mol. The molecule has 0 amide bonds. The highest BCUT2D eigenvalue weighted by Gasteiger charge is 2.12. The number of rotatable bonds is 7. The molecule has 0 saturated carbocycles. The van der Waals surface area contributed by atoms with Crippen LogP contribution in [0.3, 0.4) is 0 Å². The van der Waals surface area contributed by atoms with Crippen molar-refractivity contribution in [1.29, 1.82) is 0 Å². The Morgan fingerprint density at radius 1 is 1.28 bits per heavy atom. The molecule has 3 rings (SSSR count). The van der Waals surface area contributed by atoms with Gasteiger partial charge in [0.1, 0.15) is 5.82 Å². The van der Waals surface area contributed by atoms with Gasteiger partial charge in [-0.3, -0.25) is 14.1 Å². The van der Waals surface area contributed by atoms with Gasteiger partial charge >= 0.3 is 0 Å². The highest BCUT2D eigenvalue weighted by atomic mass is 32.1. The molecule has 0 saturated heterocycles. The molecule has 0 atom stereocenters. The molecule has 2 aromatic heterocycles. The van der Waals surface area contributed by atoms with Crippen LogP contribution in [0.25, 0.3) is 4.96 Å². The quantitative estimate of drug-likeness (QED) is 0.649. The molecular formula is C18H20FN3O2S. The Kier molecular flexibility index (Phi) is 5.57. The molecule has 5 nitrogen and oxygen atoms in total. The summed E-state index contributed by atoms with van der Waals surface area (Å²) in [6, 6.07) is 8.02. The van der Waals surface area contributed by atoms with Crippen molar-refractivity contribution >= 4 is 16.3 Å². The summed E-state index contributed by atoms with van der Waals surface area (Å²) in [5.74, 6) is -0.250. The van der Waals surface area contributed by atoms with Crippen molar-refractivity contribution in [1.82, 2.24) is 14.3 Å². The van der Waals surface area contributed by atoms with Crippen LogP contribution in [0.4, 0.5) is 4.39 Å². The third-order valence-corrected chi connectivity index (χ3v) is 4.89. The maximum atomic E-state index is 13.1. The van der Waals surface area contributed by atoms with Gasteiger partial charge in [-0.15, -0.1) is 11.3 Å². The third-order valence-electron chi connectivity index (χ3n) is 3.95. The van der Waals surface area contributed by atoms with Crippen LogP contribution in [0, 0.1) is 12.7 Å². The molecule has 0 aliphatic carbocycles. The number of methoxy groups -OCH3 is 1. The molecule has 0 bridgehead atoms. The zero-order valence-corrected chi connectivity index (χ0v) is 15.1. The van der Waals surface area contributed by atoms with Crippen LogP contribution in [0.1, 0.15) is 17.0 Å². The van der Waals surface area contributed by atoms with Crippen LogP contribution in [0.5, 0.6) is 0 Å². The first-order valence-corrected chi connectivity index (χ1v) is 8.87. The number of benzene rings is 1. The van der Waals surface area contributed by atoms with Crippen LogP contribution in [0.15, 0.2) is 40.5 Å². The van der Waals surface area contributed by atoms with E-state index < -0.39 is 0 Å². The van der Waals surface area contributed by atoms with E-state index >= 15 is 0 Å². The van der Waals surface area contributed by atoms with Crippen LogP contribution in [0.2, 0.25) is 0 Å². The SMILES string of the molecule is COCCN(Cc1ccc(F)cc1)Cc1cc(=O)n2c(C)csc2n1. The summed E-state index contributed by atoms with van der Waals surface area (Å²) < 4.78 is 19.9. The molecule has 3 aromatic rings. The Balaban J connectivity index is 1.82. The molecule has 0 N–H and O–H groups in total. The van der Waals surface area contributed by atoms with Crippen LogP contribution in [-0.2, 0) is 17.8 Å². The van der Waals surface area contributed by atoms with E-state index in [4.69, 9.17) is 4.74 Å². The lowest BCUT2D eigenvalue weighted by molar-refractivity contribution is 0.139.